The number of allylic oxidation sites excluding steroid dienone is 8. The molecule has 0 unspecified atom stereocenters. The van der Waals surface area contributed by atoms with Crippen LogP contribution in [0.2, 0.25) is 0 Å². The Labute approximate surface area is 185 Å². The van der Waals surface area contributed by atoms with Gasteiger partial charge in [-0.1, -0.05) is 0 Å². The first kappa shape index (κ1) is 28.4. The second-order valence-corrected chi connectivity index (χ2v) is 13.6. The van der Waals surface area contributed by atoms with E-state index >= 15 is 0 Å². The average molecular weight is 421 g/mol. The van der Waals surface area contributed by atoms with Crippen molar-refractivity contribution in [2.24, 2.45) is 0 Å². The monoisotopic (exact) mass is 420 g/mol. The zero-order valence-electron chi connectivity index (χ0n) is 20.4. The standard InChI is InChI=1S/C28H53P/c1-5-9-13-17-21-25-29(26-22-18-14-10-6-2,27-23-19-15-11-7-3)28-24-20-16-12-8-4/h9-16,29H,5-8,17-28H2,1-4H3. The van der Waals surface area contributed by atoms with Crippen LogP contribution in [0.1, 0.15) is 105 Å². The van der Waals surface area contributed by atoms with Crippen molar-refractivity contribution in [1.29, 1.82) is 0 Å². The summed E-state index contributed by atoms with van der Waals surface area (Å²) in [5.74, 6) is 0. The summed E-state index contributed by atoms with van der Waals surface area (Å²) in [6.07, 6.45) is 40.9. The van der Waals surface area contributed by atoms with Crippen molar-refractivity contribution < 1.29 is 0 Å². The van der Waals surface area contributed by atoms with E-state index in [1.807, 2.05) is 0 Å². The van der Waals surface area contributed by atoms with E-state index in [4.69, 9.17) is 0 Å². The molecular weight excluding hydrogens is 367 g/mol. The maximum absolute atomic E-state index is 2.43. The molecule has 0 fully saturated rings. The van der Waals surface area contributed by atoms with Crippen molar-refractivity contribution in [3.05, 3.63) is 48.6 Å². The van der Waals surface area contributed by atoms with Crippen molar-refractivity contribution in [1.82, 2.24) is 0 Å². The van der Waals surface area contributed by atoms with Crippen molar-refractivity contribution in [3.63, 3.8) is 0 Å². The minimum absolute atomic E-state index is 1.17. The molecule has 0 saturated carbocycles. The molecule has 0 aromatic rings. The van der Waals surface area contributed by atoms with Crippen LogP contribution in [0.3, 0.4) is 0 Å². The minimum atomic E-state index is -1.17. The fourth-order valence-electron chi connectivity index (χ4n) is 4.27. The van der Waals surface area contributed by atoms with E-state index in [1.165, 1.54) is 77.0 Å². The molecule has 0 saturated heterocycles. The van der Waals surface area contributed by atoms with Gasteiger partial charge in [0.25, 0.3) is 0 Å². The van der Waals surface area contributed by atoms with Crippen molar-refractivity contribution in [2.45, 2.75) is 105 Å². The van der Waals surface area contributed by atoms with Crippen LogP contribution < -0.4 is 0 Å². The Morgan fingerprint density at radius 1 is 0.379 bits per heavy atom. The maximum atomic E-state index is 2.43. The van der Waals surface area contributed by atoms with Crippen LogP contribution in [0.4, 0.5) is 0 Å². The number of unbranched alkanes of at least 4 members (excludes halogenated alkanes) is 4. The second-order valence-electron chi connectivity index (χ2n) is 8.59. The molecule has 0 bridgehead atoms. The third-order valence-corrected chi connectivity index (χ3v) is 11.6. The van der Waals surface area contributed by atoms with E-state index in [2.05, 4.69) is 76.3 Å². The van der Waals surface area contributed by atoms with Gasteiger partial charge < -0.3 is 0 Å². The molecule has 0 aliphatic carbocycles. The molecule has 29 heavy (non-hydrogen) atoms. The van der Waals surface area contributed by atoms with E-state index in [-0.39, 0.29) is 0 Å². The van der Waals surface area contributed by atoms with Crippen molar-refractivity contribution in [2.75, 3.05) is 24.6 Å². The first-order chi connectivity index (χ1) is 14.2. The number of hydrogen-bond acceptors (Lipinski definition) is 0. The summed E-state index contributed by atoms with van der Waals surface area (Å²) in [6, 6.07) is 0. The molecule has 0 N–H and O–H groups in total. The summed E-state index contributed by atoms with van der Waals surface area (Å²) < 4.78 is 0. The molecule has 0 atom stereocenters. The summed E-state index contributed by atoms with van der Waals surface area (Å²) in [6.45, 7) is 8.97. The van der Waals surface area contributed by atoms with Crippen LogP contribution in [0, 0.1) is 0 Å². The molecule has 0 aliphatic rings. The molecule has 170 valence electrons. The fourth-order valence-corrected chi connectivity index (χ4v) is 9.58. The number of hydrogen-bond donors (Lipinski definition) is 0. The first-order valence-electron chi connectivity index (χ1n) is 12.8. The Kier molecular flexibility index (Phi) is 21.6. The Morgan fingerprint density at radius 3 is 0.828 bits per heavy atom. The second kappa shape index (κ2) is 22.1. The predicted molar refractivity (Wildman–Crippen MR) is 142 cm³/mol. The summed E-state index contributed by atoms with van der Waals surface area (Å²) in [5.41, 5.74) is 0. The van der Waals surface area contributed by atoms with Gasteiger partial charge >= 0.3 is 185 Å². The van der Waals surface area contributed by atoms with E-state index in [9.17, 15) is 0 Å². The molecule has 0 radical (unpaired) electrons. The molecule has 0 aliphatic heterocycles. The van der Waals surface area contributed by atoms with Crippen LogP contribution in [-0.4, -0.2) is 24.6 Å². The van der Waals surface area contributed by atoms with Gasteiger partial charge in [-0.05, 0) is 0 Å². The van der Waals surface area contributed by atoms with Gasteiger partial charge in [0.05, 0.1) is 0 Å². The van der Waals surface area contributed by atoms with Gasteiger partial charge in [-0.25, -0.2) is 0 Å². The van der Waals surface area contributed by atoms with Gasteiger partial charge in [0.2, 0.25) is 0 Å². The van der Waals surface area contributed by atoms with E-state index in [0.29, 0.717) is 0 Å². The molecule has 0 heterocycles. The van der Waals surface area contributed by atoms with Gasteiger partial charge in [0, 0.05) is 0 Å². The molecule has 0 aromatic carbocycles. The third kappa shape index (κ3) is 17.9. The van der Waals surface area contributed by atoms with Crippen LogP contribution in [0.15, 0.2) is 48.6 Å². The van der Waals surface area contributed by atoms with Crippen molar-refractivity contribution in [3.8, 4) is 0 Å². The van der Waals surface area contributed by atoms with Gasteiger partial charge in [-0.15, -0.1) is 0 Å². The van der Waals surface area contributed by atoms with Crippen LogP contribution in [-0.2, 0) is 0 Å². The molecule has 0 rings (SSSR count). The number of rotatable bonds is 20. The summed E-state index contributed by atoms with van der Waals surface area (Å²) >= 11 is 0. The van der Waals surface area contributed by atoms with E-state index in [0.717, 1.165) is 0 Å². The van der Waals surface area contributed by atoms with Crippen molar-refractivity contribution >= 4 is 7.26 Å². The quantitative estimate of drug-likeness (QED) is 0.104. The first-order valence-corrected chi connectivity index (χ1v) is 15.7. The van der Waals surface area contributed by atoms with E-state index in [1.54, 1.807) is 24.6 Å². The van der Waals surface area contributed by atoms with Gasteiger partial charge in [0.15, 0.2) is 0 Å². The van der Waals surface area contributed by atoms with Gasteiger partial charge in [-0.3, -0.25) is 0 Å². The Bertz CT molecular complexity index is 356. The topological polar surface area (TPSA) is 0 Å². The predicted octanol–water partition coefficient (Wildman–Crippen LogP) is 9.72. The summed E-state index contributed by atoms with van der Waals surface area (Å²) in [4.78, 5) is 0. The van der Waals surface area contributed by atoms with Gasteiger partial charge in [-0.2, -0.15) is 0 Å². The SMILES string of the molecule is CCC=CCCC[PH](CCCC=CCC)(CCCC=CCC)CCCC=CCC. The Hall–Kier alpha value is -0.610. The average Bonchev–Trinajstić information content (AvgIpc) is 2.73. The summed E-state index contributed by atoms with van der Waals surface area (Å²) in [7, 11) is -1.17. The van der Waals surface area contributed by atoms with Crippen LogP contribution in [0.5, 0.6) is 0 Å². The third-order valence-electron chi connectivity index (χ3n) is 5.92. The Balaban J connectivity index is 4.94. The van der Waals surface area contributed by atoms with E-state index < -0.39 is 7.26 Å². The summed E-state index contributed by atoms with van der Waals surface area (Å²) in [5, 5.41) is 0. The zero-order valence-corrected chi connectivity index (χ0v) is 21.4. The molecular formula is C28H53P. The van der Waals surface area contributed by atoms with Gasteiger partial charge in [0.1, 0.15) is 0 Å². The van der Waals surface area contributed by atoms with Crippen LogP contribution in [0.25, 0.3) is 0 Å². The normalized spacial score (nSPS) is 13.7. The van der Waals surface area contributed by atoms with Crippen LogP contribution >= 0.6 is 7.26 Å². The molecule has 0 spiro atoms. The molecule has 0 aromatic heterocycles. The Morgan fingerprint density at radius 2 is 0.621 bits per heavy atom. The zero-order chi connectivity index (χ0) is 21.5. The molecule has 0 nitrogen and oxygen atoms in total. The molecule has 1 heteroatoms. The molecule has 0 amide bonds. The fraction of sp³-hybridized carbons (Fsp3) is 0.714.